The summed E-state index contributed by atoms with van der Waals surface area (Å²) in [6.07, 6.45) is 1.12. The van der Waals surface area contributed by atoms with Crippen LogP contribution in [0.2, 0.25) is 0 Å². The van der Waals surface area contributed by atoms with E-state index in [1.54, 1.807) is 7.05 Å². The zero-order valence-corrected chi connectivity index (χ0v) is 8.27. The Bertz CT molecular complexity index is 405. The lowest BCUT2D eigenvalue weighted by Gasteiger charge is -2.07. The van der Waals surface area contributed by atoms with Gasteiger partial charge in [-0.25, -0.2) is 4.98 Å². The maximum absolute atomic E-state index is 10.5. The summed E-state index contributed by atoms with van der Waals surface area (Å²) >= 11 is 0. The lowest BCUT2D eigenvalue weighted by atomic mass is 10.2. The molecule has 0 atom stereocenters. The van der Waals surface area contributed by atoms with E-state index in [1.165, 1.54) is 13.2 Å². The minimum atomic E-state index is -0.571. The Morgan fingerprint density at radius 2 is 2.40 bits per heavy atom. The fraction of sp³-hybridized carbons (Fsp3) is 0.250. The van der Waals surface area contributed by atoms with E-state index in [0.717, 1.165) is 6.20 Å². The first-order chi connectivity index (χ1) is 7.10. The van der Waals surface area contributed by atoms with Crippen molar-refractivity contribution < 1.29 is 9.66 Å². The third-order valence-electron chi connectivity index (χ3n) is 1.77. The number of aromatic nitrogens is 1. The molecule has 0 saturated heterocycles. The Balaban J connectivity index is 3.25. The first-order valence-corrected chi connectivity index (χ1v) is 4.05. The van der Waals surface area contributed by atoms with Crippen molar-refractivity contribution in [1.82, 2.24) is 4.98 Å². The number of pyridine rings is 1. The number of methoxy groups -OCH3 is 1. The van der Waals surface area contributed by atoms with Gasteiger partial charge in [-0.3, -0.25) is 15.5 Å². The van der Waals surface area contributed by atoms with E-state index >= 15 is 0 Å². The molecule has 0 spiro atoms. The number of nitro groups is 1. The van der Waals surface area contributed by atoms with Gasteiger partial charge in [0.05, 0.1) is 17.6 Å². The topological polar surface area (TPSA) is 101 Å². The van der Waals surface area contributed by atoms with Crippen molar-refractivity contribution in [3.8, 4) is 0 Å². The molecule has 0 aromatic carbocycles. The van der Waals surface area contributed by atoms with Gasteiger partial charge in [-0.2, -0.15) is 0 Å². The summed E-state index contributed by atoms with van der Waals surface area (Å²) in [5.41, 5.74) is 0.0833. The van der Waals surface area contributed by atoms with Crippen LogP contribution in [0.3, 0.4) is 0 Å². The highest BCUT2D eigenvalue weighted by atomic mass is 16.6. The number of anilines is 1. The Hall–Kier alpha value is -2.18. The molecule has 2 N–H and O–H groups in total. The van der Waals surface area contributed by atoms with Crippen LogP contribution in [0.25, 0.3) is 0 Å². The number of nitrogens with zero attached hydrogens (tertiary/aromatic N) is 2. The van der Waals surface area contributed by atoms with Gasteiger partial charge in [0, 0.05) is 13.1 Å². The van der Waals surface area contributed by atoms with E-state index in [1.807, 2.05) is 0 Å². The molecule has 0 amide bonds. The number of hydrogen-bond donors (Lipinski definition) is 2. The average Bonchev–Trinajstić information content (AvgIpc) is 2.27. The Morgan fingerprint density at radius 1 is 1.73 bits per heavy atom. The van der Waals surface area contributed by atoms with Gasteiger partial charge >= 0.3 is 0 Å². The zero-order chi connectivity index (χ0) is 11.4. The molecular formula is C8H10N4O3. The fourth-order valence-electron chi connectivity index (χ4n) is 1.04. The SMILES string of the molecule is CNc1ncc([N+](=O)[O-])cc1C(=N)OC. The fourth-order valence-corrected chi connectivity index (χ4v) is 1.04. The van der Waals surface area contributed by atoms with Gasteiger partial charge < -0.3 is 10.1 Å². The minimum absolute atomic E-state index is 0.171. The number of nitrogens with one attached hydrogen (secondary N) is 2. The number of hydrogen-bond acceptors (Lipinski definition) is 6. The van der Waals surface area contributed by atoms with Crippen LogP contribution in [-0.4, -0.2) is 30.0 Å². The summed E-state index contributed by atoms with van der Waals surface area (Å²) in [5.74, 6) is 0.197. The molecule has 0 aliphatic carbocycles. The predicted octanol–water partition coefficient (Wildman–Crippen LogP) is 1.00. The van der Waals surface area contributed by atoms with E-state index in [-0.39, 0.29) is 17.1 Å². The molecule has 0 radical (unpaired) electrons. The summed E-state index contributed by atoms with van der Waals surface area (Å²) in [6, 6.07) is 1.24. The summed E-state index contributed by atoms with van der Waals surface area (Å²) in [6.45, 7) is 0. The minimum Gasteiger partial charge on any atom is -0.481 e. The third kappa shape index (κ3) is 2.19. The first-order valence-electron chi connectivity index (χ1n) is 4.05. The quantitative estimate of drug-likeness (QED) is 0.335. The van der Waals surface area contributed by atoms with Crippen LogP contribution in [0.15, 0.2) is 12.3 Å². The summed E-state index contributed by atoms with van der Waals surface area (Å²) < 4.78 is 4.69. The molecular weight excluding hydrogens is 200 g/mol. The molecule has 7 heteroatoms. The lowest BCUT2D eigenvalue weighted by Crippen LogP contribution is -2.08. The molecule has 0 saturated carbocycles. The van der Waals surface area contributed by atoms with Crippen LogP contribution in [0.5, 0.6) is 0 Å². The van der Waals surface area contributed by atoms with Crippen molar-refractivity contribution in [2.75, 3.05) is 19.5 Å². The van der Waals surface area contributed by atoms with E-state index < -0.39 is 4.92 Å². The van der Waals surface area contributed by atoms with Crippen LogP contribution in [0.4, 0.5) is 11.5 Å². The summed E-state index contributed by atoms with van der Waals surface area (Å²) in [5, 5.41) is 20.7. The van der Waals surface area contributed by atoms with Crippen molar-refractivity contribution >= 4 is 17.4 Å². The van der Waals surface area contributed by atoms with Crippen molar-refractivity contribution in [1.29, 1.82) is 5.41 Å². The smallest absolute Gasteiger partial charge is 0.288 e. The normalized spacial score (nSPS) is 9.47. The largest absolute Gasteiger partial charge is 0.481 e. The van der Waals surface area contributed by atoms with Gasteiger partial charge in [0.15, 0.2) is 0 Å². The molecule has 1 rings (SSSR count). The second-order valence-electron chi connectivity index (χ2n) is 2.63. The molecule has 0 fully saturated rings. The molecule has 1 aromatic heterocycles. The number of rotatable bonds is 3. The van der Waals surface area contributed by atoms with E-state index in [9.17, 15) is 10.1 Å². The molecule has 1 aromatic rings. The summed E-state index contributed by atoms with van der Waals surface area (Å²) in [4.78, 5) is 13.7. The van der Waals surface area contributed by atoms with Crippen molar-refractivity contribution in [2.45, 2.75) is 0 Å². The van der Waals surface area contributed by atoms with Crippen molar-refractivity contribution in [2.24, 2.45) is 0 Å². The molecule has 0 bridgehead atoms. The van der Waals surface area contributed by atoms with Crippen LogP contribution < -0.4 is 5.32 Å². The van der Waals surface area contributed by atoms with Crippen LogP contribution in [0.1, 0.15) is 5.56 Å². The second kappa shape index (κ2) is 4.36. The molecule has 7 nitrogen and oxygen atoms in total. The molecule has 0 unspecified atom stereocenters. The molecule has 1 heterocycles. The van der Waals surface area contributed by atoms with Gasteiger partial charge in [0.1, 0.15) is 12.0 Å². The molecule has 0 aliphatic rings. The Kier molecular flexibility index (Phi) is 3.17. The lowest BCUT2D eigenvalue weighted by molar-refractivity contribution is -0.385. The zero-order valence-electron chi connectivity index (χ0n) is 8.27. The van der Waals surface area contributed by atoms with Crippen molar-refractivity contribution in [3.05, 3.63) is 27.9 Å². The summed E-state index contributed by atoms with van der Waals surface area (Å²) in [7, 11) is 2.93. The average molecular weight is 210 g/mol. The van der Waals surface area contributed by atoms with Gasteiger partial charge in [-0.15, -0.1) is 0 Å². The maximum atomic E-state index is 10.5. The third-order valence-corrected chi connectivity index (χ3v) is 1.77. The van der Waals surface area contributed by atoms with Gasteiger partial charge in [0.25, 0.3) is 5.69 Å². The molecule has 0 aliphatic heterocycles. The Morgan fingerprint density at radius 3 is 2.87 bits per heavy atom. The second-order valence-corrected chi connectivity index (χ2v) is 2.63. The van der Waals surface area contributed by atoms with Crippen LogP contribution >= 0.6 is 0 Å². The number of ether oxygens (including phenoxy) is 1. The maximum Gasteiger partial charge on any atom is 0.288 e. The van der Waals surface area contributed by atoms with E-state index in [4.69, 9.17) is 10.1 Å². The van der Waals surface area contributed by atoms with E-state index in [0.29, 0.717) is 5.82 Å². The monoisotopic (exact) mass is 210 g/mol. The predicted molar refractivity (Wildman–Crippen MR) is 54.3 cm³/mol. The van der Waals surface area contributed by atoms with Gasteiger partial charge in [-0.1, -0.05) is 0 Å². The van der Waals surface area contributed by atoms with Gasteiger partial charge in [0.2, 0.25) is 5.90 Å². The highest BCUT2D eigenvalue weighted by molar-refractivity contribution is 5.96. The van der Waals surface area contributed by atoms with Gasteiger partial charge in [-0.05, 0) is 0 Å². The highest BCUT2D eigenvalue weighted by Crippen LogP contribution is 2.19. The van der Waals surface area contributed by atoms with Crippen molar-refractivity contribution in [3.63, 3.8) is 0 Å². The first kappa shape index (κ1) is 10.9. The standard InChI is InChI=1S/C8H10N4O3/c1-10-8-6(7(9)15-2)3-5(4-11-8)12(13)14/h3-4,9H,1-2H3,(H,10,11). The van der Waals surface area contributed by atoms with Crippen LogP contribution in [0, 0.1) is 15.5 Å². The van der Waals surface area contributed by atoms with E-state index in [2.05, 4.69) is 10.3 Å². The molecule has 15 heavy (non-hydrogen) atoms. The Labute approximate surface area is 85.7 Å². The van der Waals surface area contributed by atoms with Crippen LogP contribution in [-0.2, 0) is 4.74 Å². The highest BCUT2D eigenvalue weighted by Gasteiger charge is 2.15. The molecule has 80 valence electrons.